The molecular weight excluding hydrogens is 318 g/mol. The number of anilines is 1. The summed E-state index contributed by atoms with van der Waals surface area (Å²) in [5, 5.41) is 3.19. The van der Waals surface area contributed by atoms with Crippen LogP contribution in [-0.2, 0) is 0 Å². The number of para-hydroxylation sites is 1. The molecule has 3 aromatic carbocycles. The predicted molar refractivity (Wildman–Crippen MR) is 110 cm³/mol. The summed E-state index contributed by atoms with van der Waals surface area (Å²) in [5.74, 6) is 0.233. The molecule has 0 fully saturated rings. The van der Waals surface area contributed by atoms with Gasteiger partial charge in [0.05, 0.1) is 5.69 Å². The van der Waals surface area contributed by atoms with Crippen molar-refractivity contribution in [1.82, 2.24) is 0 Å². The molecule has 0 heterocycles. The second kappa shape index (κ2) is 7.57. The zero-order valence-electron chi connectivity index (χ0n) is 15.8. The maximum atomic E-state index is 12.8. The molecule has 132 valence electrons. The van der Waals surface area contributed by atoms with E-state index in [0.29, 0.717) is 11.5 Å². The summed E-state index contributed by atoms with van der Waals surface area (Å²) >= 11 is 0. The third-order valence-electron chi connectivity index (χ3n) is 4.74. The molecule has 0 unspecified atom stereocenters. The molecular formula is C24H25NO. The number of hydrogen-bond acceptors (Lipinski definition) is 1. The fourth-order valence-corrected chi connectivity index (χ4v) is 3.41. The van der Waals surface area contributed by atoms with E-state index in [0.717, 1.165) is 16.8 Å². The van der Waals surface area contributed by atoms with Gasteiger partial charge in [0.25, 0.3) is 5.91 Å². The number of rotatable bonds is 4. The molecule has 1 amide bonds. The first-order valence-electron chi connectivity index (χ1n) is 9.05. The van der Waals surface area contributed by atoms with Crippen LogP contribution in [0.3, 0.4) is 0 Å². The molecule has 3 rings (SSSR count). The summed E-state index contributed by atoms with van der Waals surface area (Å²) in [7, 11) is 0. The molecule has 0 radical (unpaired) electrons. The SMILES string of the molecule is Cc1cccc(C)c1-c1cccc(C(C)C)c1NC(=O)c1ccccc1. The molecule has 2 heteroatoms. The largest absolute Gasteiger partial charge is 0.321 e. The van der Waals surface area contributed by atoms with Gasteiger partial charge in [0.1, 0.15) is 0 Å². The van der Waals surface area contributed by atoms with Crippen LogP contribution in [0.25, 0.3) is 11.1 Å². The summed E-state index contributed by atoms with van der Waals surface area (Å²) < 4.78 is 0. The number of carbonyl (C=O) groups excluding carboxylic acids is 1. The van der Waals surface area contributed by atoms with Crippen molar-refractivity contribution in [3.8, 4) is 11.1 Å². The normalized spacial score (nSPS) is 10.8. The van der Waals surface area contributed by atoms with Crippen molar-refractivity contribution in [3.05, 3.63) is 89.0 Å². The molecule has 0 aliphatic heterocycles. The zero-order chi connectivity index (χ0) is 18.7. The molecule has 26 heavy (non-hydrogen) atoms. The summed E-state index contributed by atoms with van der Waals surface area (Å²) in [5.41, 5.74) is 7.42. The average molecular weight is 343 g/mol. The molecule has 0 spiro atoms. The van der Waals surface area contributed by atoms with Gasteiger partial charge in [-0.3, -0.25) is 4.79 Å². The molecule has 0 atom stereocenters. The van der Waals surface area contributed by atoms with Gasteiger partial charge in [-0.1, -0.05) is 68.4 Å². The second-order valence-electron chi connectivity index (χ2n) is 7.01. The molecule has 1 N–H and O–H groups in total. The number of carbonyl (C=O) groups is 1. The van der Waals surface area contributed by atoms with Gasteiger partial charge in [0.2, 0.25) is 0 Å². The highest BCUT2D eigenvalue weighted by molar-refractivity contribution is 6.07. The van der Waals surface area contributed by atoms with E-state index in [-0.39, 0.29) is 5.91 Å². The summed E-state index contributed by atoms with van der Waals surface area (Å²) in [4.78, 5) is 12.8. The van der Waals surface area contributed by atoms with E-state index in [4.69, 9.17) is 0 Å². The molecule has 0 saturated carbocycles. The minimum absolute atomic E-state index is 0.0776. The fourth-order valence-electron chi connectivity index (χ4n) is 3.41. The Balaban J connectivity index is 2.15. The van der Waals surface area contributed by atoms with Crippen molar-refractivity contribution >= 4 is 11.6 Å². The van der Waals surface area contributed by atoms with Gasteiger partial charge in [-0.2, -0.15) is 0 Å². The highest BCUT2D eigenvalue weighted by atomic mass is 16.1. The lowest BCUT2D eigenvalue weighted by atomic mass is 9.90. The van der Waals surface area contributed by atoms with E-state index in [2.05, 4.69) is 69.4 Å². The van der Waals surface area contributed by atoms with Crippen molar-refractivity contribution in [3.63, 3.8) is 0 Å². The zero-order valence-corrected chi connectivity index (χ0v) is 15.8. The second-order valence-corrected chi connectivity index (χ2v) is 7.01. The summed E-state index contributed by atoms with van der Waals surface area (Å²) in [6.07, 6.45) is 0. The monoisotopic (exact) mass is 343 g/mol. The van der Waals surface area contributed by atoms with Crippen LogP contribution in [-0.4, -0.2) is 5.91 Å². The first-order valence-corrected chi connectivity index (χ1v) is 9.05. The van der Waals surface area contributed by atoms with Crippen molar-refractivity contribution in [2.24, 2.45) is 0 Å². The Labute approximate surface area is 155 Å². The van der Waals surface area contributed by atoms with Crippen LogP contribution < -0.4 is 5.32 Å². The minimum atomic E-state index is -0.0776. The first kappa shape index (κ1) is 17.9. The number of aryl methyl sites for hydroxylation is 2. The standard InChI is InChI=1S/C24H25NO/c1-16(2)20-14-9-15-21(22-17(3)10-8-11-18(22)4)23(20)25-24(26)19-12-6-5-7-13-19/h5-16H,1-4H3,(H,25,26). The van der Waals surface area contributed by atoms with E-state index in [1.165, 1.54) is 16.7 Å². The van der Waals surface area contributed by atoms with Gasteiger partial charge in [-0.25, -0.2) is 0 Å². The van der Waals surface area contributed by atoms with Gasteiger partial charge >= 0.3 is 0 Å². The van der Waals surface area contributed by atoms with Gasteiger partial charge in [0.15, 0.2) is 0 Å². The quantitative estimate of drug-likeness (QED) is 0.588. The van der Waals surface area contributed by atoms with Gasteiger partial charge in [-0.05, 0) is 54.2 Å². The van der Waals surface area contributed by atoms with Crippen LogP contribution in [0.5, 0.6) is 0 Å². The molecule has 0 aromatic heterocycles. The average Bonchev–Trinajstić information content (AvgIpc) is 2.63. The maximum absolute atomic E-state index is 12.8. The van der Waals surface area contributed by atoms with Gasteiger partial charge < -0.3 is 5.32 Å². The van der Waals surface area contributed by atoms with Crippen LogP contribution in [0.4, 0.5) is 5.69 Å². The van der Waals surface area contributed by atoms with Crippen LogP contribution in [0.1, 0.15) is 46.8 Å². The molecule has 2 nitrogen and oxygen atoms in total. The van der Waals surface area contributed by atoms with Crippen LogP contribution in [0.2, 0.25) is 0 Å². The lowest BCUT2D eigenvalue weighted by molar-refractivity contribution is 0.102. The number of nitrogens with one attached hydrogen (secondary N) is 1. The Morgan fingerprint density at radius 3 is 2.04 bits per heavy atom. The van der Waals surface area contributed by atoms with E-state index in [9.17, 15) is 4.79 Å². The first-order chi connectivity index (χ1) is 12.5. The fraction of sp³-hybridized carbons (Fsp3) is 0.208. The van der Waals surface area contributed by atoms with E-state index in [1.54, 1.807) is 0 Å². The van der Waals surface area contributed by atoms with Crippen LogP contribution in [0, 0.1) is 13.8 Å². The molecule has 0 saturated heterocycles. The minimum Gasteiger partial charge on any atom is -0.321 e. The van der Waals surface area contributed by atoms with Crippen molar-refractivity contribution < 1.29 is 4.79 Å². The smallest absolute Gasteiger partial charge is 0.255 e. The Morgan fingerprint density at radius 2 is 1.42 bits per heavy atom. The molecule has 0 aliphatic carbocycles. The summed E-state index contributed by atoms with van der Waals surface area (Å²) in [6.45, 7) is 8.55. The third-order valence-corrected chi connectivity index (χ3v) is 4.74. The predicted octanol–water partition coefficient (Wildman–Crippen LogP) is 6.35. The van der Waals surface area contributed by atoms with Crippen molar-refractivity contribution in [2.45, 2.75) is 33.6 Å². The number of benzene rings is 3. The summed E-state index contributed by atoms with van der Waals surface area (Å²) in [6, 6.07) is 22.0. The lowest BCUT2D eigenvalue weighted by Crippen LogP contribution is -2.15. The van der Waals surface area contributed by atoms with Crippen LogP contribution in [0.15, 0.2) is 66.7 Å². The number of amides is 1. The van der Waals surface area contributed by atoms with Gasteiger partial charge in [0, 0.05) is 11.1 Å². The molecule has 0 bridgehead atoms. The lowest BCUT2D eigenvalue weighted by Gasteiger charge is -2.20. The Bertz CT molecular complexity index is 906. The maximum Gasteiger partial charge on any atom is 0.255 e. The Hall–Kier alpha value is -2.87. The van der Waals surface area contributed by atoms with Crippen molar-refractivity contribution in [2.75, 3.05) is 5.32 Å². The van der Waals surface area contributed by atoms with Crippen LogP contribution >= 0.6 is 0 Å². The van der Waals surface area contributed by atoms with Gasteiger partial charge in [-0.15, -0.1) is 0 Å². The highest BCUT2D eigenvalue weighted by Gasteiger charge is 2.18. The molecule has 3 aromatic rings. The van der Waals surface area contributed by atoms with E-state index < -0.39 is 0 Å². The topological polar surface area (TPSA) is 29.1 Å². The molecule has 0 aliphatic rings. The van der Waals surface area contributed by atoms with Crippen molar-refractivity contribution in [1.29, 1.82) is 0 Å². The Morgan fingerprint density at radius 1 is 0.808 bits per heavy atom. The Kier molecular flexibility index (Phi) is 5.22. The third kappa shape index (κ3) is 3.55. The highest BCUT2D eigenvalue weighted by Crippen LogP contribution is 2.38. The number of hydrogen-bond donors (Lipinski definition) is 1. The van der Waals surface area contributed by atoms with E-state index in [1.807, 2.05) is 30.3 Å². The van der Waals surface area contributed by atoms with E-state index >= 15 is 0 Å².